The summed E-state index contributed by atoms with van der Waals surface area (Å²) in [4.78, 5) is 26.7. The number of nitrogens with zero attached hydrogens (tertiary/aromatic N) is 1. The number of halogens is 3. The van der Waals surface area contributed by atoms with Gasteiger partial charge in [-0.3, -0.25) is 4.79 Å². The highest BCUT2D eigenvalue weighted by Gasteiger charge is 2.32. The van der Waals surface area contributed by atoms with Gasteiger partial charge in [0.2, 0.25) is 0 Å². The zero-order valence-corrected chi connectivity index (χ0v) is 18.5. The zero-order valence-electron chi connectivity index (χ0n) is 18.5. The van der Waals surface area contributed by atoms with Gasteiger partial charge in [-0.15, -0.1) is 0 Å². The van der Waals surface area contributed by atoms with E-state index in [9.17, 15) is 22.8 Å². The Morgan fingerprint density at radius 3 is 2.47 bits per heavy atom. The smallest absolute Gasteiger partial charge is 0.416 e. The predicted octanol–water partition coefficient (Wildman–Crippen LogP) is 5.99. The van der Waals surface area contributed by atoms with Gasteiger partial charge in [-0.25, -0.2) is 4.79 Å². The fraction of sp³-hybridized carbons (Fsp3) is 0.417. The van der Waals surface area contributed by atoms with Crippen LogP contribution in [0.5, 0.6) is 0 Å². The Balaban J connectivity index is 1.74. The number of anilines is 1. The van der Waals surface area contributed by atoms with Crippen LogP contribution in [-0.4, -0.2) is 35.6 Å². The SMILES string of the molecule is Cc1ccc(C(=O)Nc2cccc(C(F)(F)F)c2)cc1[C@H]1CCN(C(=O)OC(C)(C)C)C1. The summed E-state index contributed by atoms with van der Waals surface area (Å²) in [6.45, 7) is 8.41. The Labute approximate surface area is 185 Å². The molecule has 1 fully saturated rings. The normalized spacial score (nSPS) is 16.7. The van der Waals surface area contributed by atoms with E-state index in [0.717, 1.165) is 29.7 Å². The molecule has 5 nitrogen and oxygen atoms in total. The van der Waals surface area contributed by atoms with Crippen molar-refractivity contribution < 1.29 is 27.5 Å². The molecule has 0 spiro atoms. The molecule has 2 aromatic carbocycles. The van der Waals surface area contributed by atoms with Crippen LogP contribution in [0.4, 0.5) is 23.7 Å². The first-order chi connectivity index (χ1) is 14.8. The maximum absolute atomic E-state index is 12.9. The van der Waals surface area contributed by atoms with Gasteiger partial charge in [-0.2, -0.15) is 13.2 Å². The molecule has 1 N–H and O–H groups in total. The van der Waals surface area contributed by atoms with Gasteiger partial charge >= 0.3 is 12.3 Å². The fourth-order valence-corrected chi connectivity index (χ4v) is 3.70. The van der Waals surface area contributed by atoms with Crippen molar-refractivity contribution in [2.45, 2.75) is 51.8 Å². The monoisotopic (exact) mass is 448 g/mol. The molecule has 172 valence electrons. The van der Waals surface area contributed by atoms with Crippen LogP contribution in [0, 0.1) is 6.92 Å². The van der Waals surface area contributed by atoms with Gasteiger partial charge in [0.25, 0.3) is 5.91 Å². The lowest BCUT2D eigenvalue weighted by atomic mass is 9.92. The number of hydrogen-bond donors (Lipinski definition) is 1. The van der Waals surface area contributed by atoms with Crippen molar-refractivity contribution in [1.29, 1.82) is 0 Å². The third-order valence-electron chi connectivity index (χ3n) is 5.27. The van der Waals surface area contributed by atoms with Gasteiger partial charge in [0.15, 0.2) is 0 Å². The molecule has 1 atom stereocenters. The van der Waals surface area contributed by atoms with Crippen LogP contribution in [0.1, 0.15) is 60.2 Å². The first-order valence-electron chi connectivity index (χ1n) is 10.4. The average molecular weight is 448 g/mol. The van der Waals surface area contributed by atoms with E-state index in [1.807, 2.05) is 33.8 Å². The molecule has 2 aromatic rings. The first-order valence-corrected chi connectivity index (χ1v) is 10.4. The van der Waals surface area contributed by atoms with Gasteiger partial charge in [0.1, 0.15) is 5.60 Å². The molecule has 0 saturated carbocycles. The van der Waals surface area contributed by atoms with E-state index in [1.165, 1.54) is 12.1 Å². The van der Waals surface area contributed by atoms with Crippen LogP contribution in [-0.2, 0) is 10.9 Å². The molecule has 0 unspecified atom stereocenters. The van der Waals surface area contributed by atoms with E-state index >= 15 is 0 Å². The van der Waals surface area contributed by atoms with Gasteiger partial charge in [0.05, 0.1) is 5.56 Å². The number of amides is 2. The number of alkyl halides is 3. The quantitative estimate of drug-likeness (QED) is 0.627. The summed E-state index contributed by atoms with van der Waals surface area (Å²) in [7, 11) is 0. The molecule has 2 amide bonds. The summed E-state index contributed by atoms with van der Waals surface area (Å²) in [6, 6.07) is 9.73. The second kappa shape index (κ2) is 8.84. The van der Waals surface area contributed by atoms with Crippen molar-refractivity contribution >= 4 is 17.7 Å². The summed E-state index contributed by atoms with van der Waals surface area (Å²) in [5, 5.41) is 2.54. The van der Waals surface area contributed by atoms with E-state index in [2.05, 4.69) is 5.32 Å². The van der Waals surface area contributed by atoms with Crippen molar-refractivity contribution in [2.24, 2.45) is 0 Å². The molecular formula is C24H27F3N2O3. The molecule has 1 aliphatic heterocycles. The van der Waals surface area contributed by atoms with Gasteiger partial charge in [-0.05, 0) is 75.6 Å². The third kappa shape index (κ3) is 5.81. The number of aryl methyl sites for hydroxylation is 1. The molecule has 1 aliphatic rings. The number of hydrogen-bond acceptors (Lipinski definition) is 3. The maximum Gasteiger partial charge on any atom is 0.416 e. The summed E-state index contributed by atoms with van der Waals surface area (Å²) < 4.78 is 44.2. The second-order valence-electron chi connectivity index (χ2n) is 9.02. The molecule has 0 bridgehead atoms. The molecule has 3 rings (SSSR count). The largest absolute Gasteiger partial charge is 0.444 e. The Morgan fingerprint density at radius 2 is 1.81 bits per heavy atom. The highest BCUT2D eigenvalue weighted by molar-refractivity contribution is 6.04. The molecule has 0 aliphatic carbocycles. The topological polar surface area (TPSA) is 58.6 Å². The molecule has 32 heavy (non-hydrogen) atoms. The van der Waals surface area contributed by atoms with Crippen molar-refractivity contribution in [2.75, 3.05) is 18.4 Å². The Bertz CT molecular complexity index is 1010. The summed E-state index contributed by atoms with van der Waals surface area (Å²) in [5.74, 6) is -0.448. The summed E-state index contributed by atoms with van der Waals surface area (Å²) in [6.07, 6.45) is -4.12. The Morgan fingerprint density at radius 1 is 1.09 bits per heavy atom. The van der Waals surface area contributed by atoms with E-state index in [-0.39, 0.29) is 17.7 Å². The first kappa shape index (κ1) is 23.6. The van der Waals surface area contributed by atoms with E-state index in [0.29, 0.717) is 18.7 Å². The predicted molar refractivity (Wildman–Crippen MR) is 116 cm³/mol. The second-order valence-corrected chi connectivity index (χ2v) is 9.02. The van der Waals surface area contributed by atoms with Crippen molar-refractivity contribution in [3.63, 3.8) is 0 Å². The highest BCUT2D eigenvalue weighted by Crippen LogP contribution is 2.32. The number of carbonyl (C=O) groups is 2. The average Bonchev–Trinajstić information content (AvgIpc) is 3.17. The zero-order chi connectivity index (χ0) is 23.7. The van der Waals surface area contributed by atoms with Gasteiger partial charge in [0, 0.05) is 30.3 Å². The Hall–Kier alpha value is -3.03. The number of ether oxygens (including phenoxy) is 1. The third-order valence-corrected chi connectivity index (χ3v) is 5.27. The molecule has 8 heteroatoms. The summed E-state index contributed by atoms with van der Waals surface area (Å²) in [5.41, 5.74) is 0.937. The van der Waals surface area contributed by atoms with E-state index in [1.54, 1.807) is 17.0 Å². The van der Waals surface area contributed by atoms with Crippen molar-refractivity contribution in [3.05, 3.63) is 64.7 Å². The fourth-order valence-electron chi connectivity index (χ4n) is 3.70. The minimum Gasteiger partial charge on any atom is -0.444 e. The number of likely N-dealkylation sites (tertiary alicyclic amines) is 1. The lowest BCUT2D eigenvalue weighted by molar-refractivity contribution is -0.137. The van der Waals surface area contributed by atoms with Crippen LogP contribution >= 0.6 is 0 Å². The Kier molecular flexibility index (Phi) is 6.53. The van der Waals surface area contributed by atoms with Crippen LogP contribution in [0.2, 0.25) is 0 Å². The molecule has 0 radical (unpaired) electrons. The van der Waals surface area contributed by atoms with Crippen molar-refractivity contribution in [3.8, 4) is 0 Å². The van der Waals surface area contributed by atoms with Crippen LogP contribution < -0.4 is 5.32 Å². The van der Waals surface area contributed by atoms with E-state index in [4.69, 9.17) is 4.74 Å². The van der Waals surface area contributed by atoms with E-state index < -0.39 is 23.2 Å². The standard InChI is InChI=1S/C24H27F3N2O3/c1-15-8-9-16(21(30)28-19-7-5-6-18(13-19)24(25,26)27)12-20(15)17-10-11-29(14-17)22(31)32-23(2,3)4/h5-9,12-13,17H,10-11,14H2,1-4H3,(H,28,30)/t17-/m0/s1. The lowest BCUT2D eigenvalue weighted by Crippen LogP contribution is -2.35. The molecule has 0 aromatic heterocycles. The van der Waals surface area contributed by atoms with Crippen LogP contribution in [0.15, 0.2) is 42.5 Å². The number of benzene rings is 2. The molecule has 1 saturated heterocycles. The maximum atomic E-state index is 12.9. The highest BCUT2D eigenvalue weighted by atomic mass is 19.4. The summed E-state index contributed by atoms with van der Waals surface area (Å²) >= 11 is 0. The molecule has 1 heterocycles. The van der Waals surface area contributed by atoms with Crippen LogP contribution in [0.3, 0.4) is 0 Å². The minimum atomic E-state index is -4.49. The number of rotatable bonds is 3. The number of carbonyl (C=O) groups excluding carboxylic acids is 2. The van der Waals surface area contributed by atoms with Crippen molar-refractivity contribution in [1.82, 2.24) is 4.90 Å². The van der Waals surface area contributed by atoms with Gasteiger partial charge < -0.3 is 15.0 Å². The minimum absolute atomic E-state index is 0.0452. The van der Waals surface area contributed by atoms with Gasteiger partial charge in [-0.1, -0.05) is 12.1 Å². The number of nitrogens with one attached hydrogen (secondary N) is 1. The van der Waals surface area contributed by atoms with Crippen LogP contribution in [0.25, 0.3) is 0 Å². The molecular weight excluding hydrogens is 421 g/mol. The lowest BCUT2D eigenvalue weighted by Gasteiger charge is -2.24.